The van der Waals surface area contributed by atoms with E-state index in [1.807, 2.05) is 41.9 Å². The van der Waals surface area contributed by atoms with Crippen LogP contribution in [0.5, 0.6) is 0 Å². The zero-order valence-corrected chi connectivity index (χ0v) is 18.0. The van der Waals surface area contributed by atoms with Crippen LogP contribution in [0.1, 0.15) is 23.2 Å². The molecule has 7 nitrogen and oxygen atoms in total. The number of carbonyl (C=O) groups excluding carboxylic acids is 1. The van der Waals surface area contributed by atoms with Gasteiger partial charge in [-0.05, 0) is 42.8 Å². The van der Waals surface area contributed by atoms with Gasteiger partial charge in [0.15, 0.2) is 10.9 Å². The zero-order valence-electron chi connectivity index (χ0n) is 16.4. The van der Waals surface area contributed by atoms with Crippen LogP contribution in [0.3, 0.4) is 0 Å². The Morgan fingerprint density at radius 1 is 1.20 bits per heavy atom. The minimum Gasteiger partial charge on any atom is -0.394 e. The summed E-state index contributed by atoms with van der Waals surface area (Å²) >= 11 is 7.56. The molecule has 4 rings (SSSR count). The monoisotopic (exact) mass is 444 g/mol. The van der Waals surface area contributed by atoms with E-state index in [4.69, 9.17) is 21.4 Å². The van der Waals surface area contributed by atoms with E-state index in [0.29, 0.717) is 42.6 Å². The van der Waals surface area contributed by atoms with Crippen LogP contribution in [0.15, 0.2) is 36.4 Å². The fourth-order valence-electron chi connectivity index (χ4n) is 3.17. The lowest BCUT2D eigenvalue weighted by Gasteiger charge is -2.04. The lowest BCUT2D eigenvalue weighted by atomic mass is 10.1. The van der Waals surface area contributed by atoms with E-state index >= 15 is 0 Å². The number of hydrogen-bond acceptors (Lipinski definition) is 7. The van der Waals surface area contributed by atoms with Crippen LogP contribution in [-0.2, 0) is 11.8 Å². The van der Waals surface area contributed by atoms with Crippen molar-refractivity contribution >= 4 is 61.1 Å². The number of imidazole rings is 1. The van der Waals surface area contributed by atoms with Gasteiger partial charge in [0, 0.05) is 30.7 Å². The van der Waals surface area contributed by atoms with Crippen molar-refractivity contribution in [2.45, 2.75) is 12.8 Å². The molecule has 0 saturated carbocycles. The van der Waals surface area contributed by atoms with Crippen LogP contribution >= 0.6 is 22.9 Å². The molecule has 0 aliphatic carbocycles. The Kier molecular flexibility index (Phi) is 6.29. The Balaban J connectivity index is 1.51. The van der Waals surface area contributed by atoms with Gasteiger partial charge < -0.3 is 19.7 Å². The number of thiazole rings is 1. The van der Waals surface area contributed by atoms with Crippen molar-refractivity contribution in [3.63, 3.8) is 0 Å². The Bertz CT molecular complexity index is 1200. The highest BCUT2D eigenvalue weighted by Crippen LogP contribution is 2.31. The summed E-state index contributed by atoms with van der Waals surface area (Å²) in [6, 6.07) is 11.1. The number of carbonyl (C=O) groups is 1. The average Bonchev–Trinajstić information content (AvgIpc) is 3.27. The second-order valence-corrected chi connectivity index (χ2v) is 8.28. The van der Waals surface area contributed by atoms with Gasteiger partial charge >= 0.3 is 0 Å². The average molecular weight is 445 g/mol. The summed E-state index contributed by atoms with van der Waals surface area (Å²) in [6.07, 6.45) is 1.02. The second kappa shape index (κ2) is 9.09. The summed E-state index contributed by atoms with van der Waals surface area (Å²) in [6.45, 7) is 0.751. The van der Waals surface area contributed by atoms with Gasteiger partial charge in [-0.25, -0.2) is 9.97 Å². The van der Waals surface area contributed by atoms with Gasteiger partial charge in [0.2, 0.25) is 5.95 Å². The van der Waals surface area contributed by atoms with Crippen molar-refractivity contribution in [1.29, 1.82) is 0 Å². The number of ketones is 1. The molecule has 0 fully saturated rings. The molecule has 0 aliphatic heterocycles. The van der Waals surface area contributed by atoms with Gasteiger partial charge in [0.25, 0.3) is 0 Å². The molecule has 0 atom stereocenters. The number of hydrogen-bond donors (Lipinski definition) is 2. The Morgan fingerprint density at radius 3 is 2.87 bits per heavy atom. The lowest BCUT2D eigenvalue weighted by molar-refractivity contribution is 0.0832. The maximum Gasteiger partial charge on any atom is 0.209 e. The van der Waals surface area contributed by atoms with Crippen molar-refractivity contribution in [3.05, 3.63) is 47.0 Å². The molecular formula is C21H21ClN4O3S. The van der Waals surface area contributed by atoms with Gasteiger partial charge in [-0.1, -0.05) is 22.9 Å². The molecule has 30 heavy (non-hydrogen) atoms. The number of Topliss-reactive ketones (excluding diaryl/α,β-unsaturated/α-hetero) is 1. The maximum absolute atomic E-state index is 12.5. The van der Waals surface area contributed by atoms with Gasteiger partial charge in [0.1, 0.15) is 0 Å². The number of halogens is 1. The number of ether oxygens (including phenoxy) is 1. The molecule has 2 heterocycles. The first-order valence-corrected chi connectivity index (χ1v) is 10.8. The summed E-state index contributed by atoms with van der Waals surface area (Å²) in [4.78, 5) is 21.7. The third kappa shape index (κ3) is 4.46. The predicted octanol–water partition coefficient (Wildman–Crippen LogP) is 4.55. The molecule has 2 N–H and O–H groups in total. The van der Waals surface area contributed by atoms with E-state index in [9.17, 15) is 4.79 Å². The molecular weight excluding hydrogens is 424 g/mol. The first-order valence-electron chi connectivity index (χ1n) is 9.56. The van der Waals surface area contributed by atoms with Gasteiger partial charge in [-0.15, -0.1) is 0 Å². The van der Waals surface area contributed by atoms with E-state index in [2.05, 4.69) is 15.3 Å². The normalized spacial score (nSPS) is 11.4. The predicted molar refractivity (Wildman–Crippen MR) is 120 cm³/mol. The minimum absolute atomic E-state index is 0.00770. The Labute approximate surface area is 182 Å². The number of aliphatic hydroxyl groups excluding tert-OH is 1. The largest absolute Gasteiger partial charge is 0.394 e. The highest BCUT2D eigenvalue weighted by molar-refractivity contribution is 7.22. The molecule has 2 aromatic carbocycles. The first kappa shape index (κ1) is 20.7. The fraction of sp³-hybridized carbons (Fsp3) is 0.286. The summed E-state index contributed by atoms with van der Waals surface area (Å²) < 4.78 is 8.12. The summed E-state index contributed by atoms with van der Waals surface area (Å²) in [5.41, 5.74) is 3.19. The molecule has 0 saturated heterocycles. The number of aryl methyl sites for hydroxylation is 1. The van der Waals surface area contributed by atoms with Crippen molar-refractivity contribution < 1.29 is 14.6 Å². The lowest BCUT2D eigenvalue weighted by Crippen LogP contribution is -2.05. The van der Waals surface area contributed by atoms with E-state index < -0.39 is 0 Å². The number of fused-ring (bicyclic) bond motifs is 2. The molecule has 0 spiro atoms. The quantitative estimate of drug-likeness (QED) is 0.291. The van der Waals surface area contributed by atoms with Gasteiger partial charge in [-0.3, -0.25) is 4.79 Å². The molecule has 9 heteroatoms. The number of nitrogens with one attached hydrogen (secondary N) is 1. The van der Waals surface area contributed by atoms with E-state index in [1.165, 1.54) is 11.3 Å². The van der Waals surface area contributed by atoms with Crippen LogP contribution in [0.4, 0.5) is 11.1 Å². The molecule has 0 amide bonds. The minimum atomic E-state index is -0.00770. The van der Waals surface area contributed by atoms with Crippen molar-refractivity contribution in [2.75, 3.05) is 25.1 Å². The number of nitrogens with zero attached hydrogens (tertiary/aromatic N) is 3. The SMILES string of the molecule is Cn1c(Nc2nc3ccc(Cl)cc3s2)nc2ccc(C(=O)CCCOCCO)cc21. The van der Waals surface area contributed by atoms with Crippen LogP contribution in [0, 0.1) is 0 Å². The number of aliphatic hydroxyl groups is 1. The zero-order chi connectivity index (χ0) is 21.1. The third-order valence-electron chi connectivity index (χ3n) is 4.70. The molecule has 4 aromatic rings. The van der Waals surface area contributed by atoms with E-state index in [0.717, 1.165) is 26.4 Å². The van der Waals surface area contributed by atoms with Crippen molar-refractivity contribution in [1.82, 2.24) is 14.5 Å². The molecule has 0 radical (unpaired) electrons. The van der Waals surface area contributed by atoms with Crippen LogP contribution in [-0.4, -0.2) is 45.2 Å². The number of aromatic nitrogens is 3. The van der Waals surface area contributed by atoms with Crippen molar-refractivity contribution in [3.8, 4) is 0 Å². The summed E-state index contributed by atoms with van der Waals surface area (Å²) in [5, 5.41) is 13.4. The molecule has 2 aromatic heterocycles. The molecule has 0 aliphatic rings. The van der Waals surface area contributed by atoms with Crippen LogP contribution in [0.2, 0.25) is 5.02 Å². The molecule has 0 unspecified atom stereocenters. The summed E-state index contributed by atoms with van der Waals surface area (Å²) in [7, 11) is 1.90. The van der Waals surface area contributed by atoms with Gasteiger partial charge in [0.05, 0.1) is 34.5 Å². The highest BCUT2D eigenvalue weighted by Gasteiger charge is 2.13. The number of benzene rings is 2. The van der Waals surface area contributed by atoms with Crippen LogP contribution < -0.4 is 5.32 Å². The van der Waals surface area contributed by atoms with E-state index in [-0.39, 0.29) is 12.4 Å². The Hall–Kier alpha value is -2.52. The van der Waals surface area contributed by atoms with Crippen molar-refractivity contribution in [2.24, 2.45) is 7.05 Å². The fourth-order valence-corrected chi connectivity index (χ4v) is 4.30. The van der Waals surface area contributed by atoms with Gasteiger partial charge in [-0.2, -0.15) is 0 Å². The Morgan fingerprint density at radius 2 is 2.03 bits per heavy atom. The number of rotatable bonds is 9. The number of anilines is 2. The topological polar surface area (TPSA) is 89.3 Å². The smallest absolute Gasteiger partial charge is 0.209 e. The third-order valence-corrected chi connectivity index (χ3v) is 5.87. The second-order valence-electron chi connectivity index (χ2n) is 6.82. The standard InChI is InChI=1S/C21H21ClN4O3S/c1-26-17-11-13(18(28)3-2-9-29-10-8-27)4-6-15(17)23-20(26)25-21-24-16-7-5-14(22)12-19(16)30-21/h4-7,11-12,27H,2-3,8-10H2,1H3,(H,23,24,25). The van der Waals surface area contributed by atoms with Crippen LogP contribution in [0.25, 0.3) is 21.3 Å². The van der Waals surface area contributed by atoms with E-state index in [1.54, 1.807) is 6.07 Å². The maximum atomic E-state index is 12.5. The molecule has 156 valence electrons. The first-order chi connectivity index (χ1) is 14.5. The highest BCUT2D eigenvalue weighted by atomic mass is 35.5. The summed E-state index contributed by atoms with van der Waals surface area (Å²) in [5.74, 6) is 0.709. The molecule has 0 bridgehead atoms.